The van der Waals surface area contributed by atoms with Crippen molar-refractivity contribution in [2.24, 2.45) is 0 Å². The molecule has 35 heavy (non-hydrogen) atoms. The van der Waals surface area contributed by atoms with E-state index in [2.05, 4.69) is 48.6 Å². The van der Waals surface area contributed by atoms with E-state index in [9.17, 15) is 8.76 Å². The summed E-state index contributed by atoms with van der Waals surface area (Å²) in [4.78, 5) is 8.29. The molecule has 0 N–H and O–H groups in total. The van der Waals surface area contributed by atoms with Gasteiger partial charge in [0.15, 0.2) is 0 Å². The van der Waals surface area contributed by atoms with Gasteiger partial charge in [-0.25, -0.2) is 4.98 Å². The maximum absolute atomic E-state index is 11.6. The van der Waals surface area contributed by atoms with Crippen LogP contribution in [0.15, 0.2) is 41.7 Å². The van der Waals surface area contributed by atoms with Crippen molar-refractivity contribution in [2.45, 2.75) is 57.3 Å². The Morgan fingerprint density at radius 3 is 2.57 bits per heavy atom. The van der Waals surface area contributed by atoms with Crippen LogP contribution >= 0.6 is 0 Å². The molecule has 0 radical (unpaired) electrons. The second-order valence-corrected chi connectivity index (χ2v) is 15.8. The predicted molar refractivity (Wildman–Crippen MR) is 132 cm³/mol. The Kier molecular flexibility index (Phi) is 11.1. The van der Waals surface area contributed by atoms with Crippen molar-refractivity contribution in [3.8, 4) is 28.8 Å². The van der Waals surface area contributed by atoms with Crippen LogP contribution in [0.3, 0.4) is 0 Å². The largest absolute Gasteiger partial charge is 1.00 e. The van der Waals surface area contributed by atoms with Gasteiger partial charge in [-0.05, 0) is 29.2 Å². The van der Waals surface area contributed by atoms with Crippen molar-refractivity contribution in [1.82, 2.24) is 19.7 Å². The van der Waals surface area contributed by atoms with Gasteiger partial charge in [-0.15, -0.1) is 5.10 Å². The van der Waals surface area contributed by atoms with Gasteiger partial charge in [0.1, 0.15) is 12.5 Å². The number of pyridine rings is 1. The molecule has 0 spiro atoms. The number of aromatic nitrogens is 4. The Morgan fingerprint density at radius 2 is 1.94 bits per heavy atom. The SMILES string of the molecule is COc1cc(-c2cccc(C(C)C)c2Oc2nc(S(=O)[O-])nn2COCC[Si](C)(C)C)ccn1.[Na+]. The van der Waals surface area contributed by atoms with Gasteiger partial charge in [-0.1, -0.05) is 51.7 Å². The summed E-state index contributed by atoms with van der Waals surface area (Å²) in [6.45, 7) is 11.5. The monoisotopic (exact) mass is 526 g/mol. The van der Waals surface area contributed by atoms with Crippen molar-refractivity contribution < 1.29 is 52.5 Å². The molecule has 0 amide bonds. The van der Waals surface area contributed by atoms with Gasteiger partial charge in [-0.2, -0.15) is 9.67 Å². The van der Waals surface area contributed by atoms with Gasteiger partial charge < -0.3 is 18.8 Å². The van der Waals surface area contributed by atoms with Gasteiger partial charge in [0, 0.05) is 43.6 Å². The standard InChI is InChI=1S/C23H32N4O5SSi.Na/c1-16(2)18-8-7-9-19(17-10-11-24-20(14-17)30-3)21(18)32-23-25-22(33(28)29)26-27(23)15-31-12-13-34(4,5)6;/h7-11,14,16H,12-13,15H2,1-6H3,(H,28,29);/q;+1/p-1. The van der Waals surface area contributed by atoms with Gasteiger partial charge in [0.2, 0.25) is 11.0 Å². The van der Waals surface area contributed by atoms with Crippen LogP contribution in [0.1, 0.15) is 25.3 Å². The van der Waals surface area contributed by atoms with Crippen LogP contribution in [-0.4, -0.2) is 50.3 Å². The van der Waals surface area contributed by atoms with Crippen LogP contribution in [0.5, 0.6) is 17.6 Å². The van der Waals surface area contributed by atoms with Crippen LogP contribution in [0.4, 0.5) is 0 Å². The van der Waals surface area contributed by atoms with E-state index < -0.39 is 19.2 Å². The molecule has 9 nitrogen and oxygen atoms in total. The quantitative estimate of drug-likeness (QED) is 0.211. The van der Waals surface area contributed by atoms with Crippen molar-refractivity contribution in [1.29, 1.82) is 0 Å². The molecule has 0 bridgehead atoms. The molecular weight excluding hydrogens is 495 g/mol. The molecule has 3 rings (SSSR count). The van der Waals surface area contributed by atoms with Crippen molar-refractivity contribution in [3.63, 3.8) is 0 Å². The van der Waals surface area contributed by atoms with Crippen LogP contribution in [0.2, 0.25) is 25.7 Å². The average Bonchev–Trinajstić information content (AvgIpc) is 3.19. The van der Waals surface area contributed by atoms with E-state index in [-0.39, 0.29) is 53.4 Å². The summed E-state index contributed by atoms with van der Waals surface area (Å²) in [5.41, 5.74) is 2.58. The number of ether oxygens (including phenoxy) is 3. The van der Waals surface area contributed by atoms with E-state index in [0.29, 0.717) is 18.2 Å². The third-order valence-electron chi connectivity index (χ3n) is 5.09. The van der Waals surface area contributed by atoms with Crippen molar-refractivity contribution in [3.05, 3.63) is 42.1 Å². The number of methoxy groups -OCH3 is 1. The Morgan fingerprint density at radius 1 is 1.20 bits per heavy atom. The molecule has 12 heteroatoms. The molecule has 1 atom stereocenters. The fourth-order valence-corrected chi connectivity index (χ4v) is 4.27. The first-order chi connectivity index (χ1) is 16.1. The molecule has 0 aliphatic carbocycles. The predicted octanol–water partition coefficient (Wildman–Crippen LogP) is 1.82. The fourth-order valence-electron chi connectivity index (χ4n) is 3.20. The Labute approximate surface area is 232 Å². The summed E-state index contributed by atoms with van der Waals surface area (Å²) in [6, 6.07) is 10.5. The minimum absolute atomic E-state index is 0. The van der Waals surface area contributed by atoms with Crippen molar-refractivity contribution >= 4 is 19.2 Å². The zero-order valence-corrected chi connectivity index (χ0v) is 25.2. The molecule has 1 unspecified atom stereocenters. The maximum Gasteiger partial charge on any atom is 1.00 e. The van der Waals surface area contributed by atoms with E-state index in [0.717, 1.165) is 22.7 Å². The minimum Gasteiger partial charge on any atom is -0.766 e. The third kappa shape index (κ3) is 8.21. The van der Waals surface area contributed by atoms with E-state index in [4.69, 9.17) is 14.2 Å². The third-order valence-corrected chi connectivity index (χ3v) is 7.27. The van der Waals surface area contributed by atoms with Crippen molar-refractivity contribution in [2.75, 3.05) is 13.7 Å². The van der Waals surface area contributed by atoms with Crippen LogP contribution in [0, 0.1) is 0 Å². The molecule has 0 aliphatic heterocycles. The number of benzene rings is 1. The van der Waals surface area contributed by atoms with Gasteiger partial charge in [0.25, 0.3) is 0 Å². The normalized spacial score (nSPS) is 12.3. The number of para-hydroxylation sites is 1. The molecule has 1 aromatic carbocycles. The van der Waals surface area contributed by atoms with E-state index in [1.165, 1.54) is 4.68 Å². The summed E-state index contributed by atoms with van der Waals surface area (Å²) >= 11 is -2.60. The Bertz CT molecular complexity index is 1150. The van der Waals surface area contributed by atoms with Crippen LogP contribution in [0.25, 0.3) is 11.1 Å². The Balaban J connectivity index is 0.00000432. The average molecular weight is 527 g/mol. The first-order valence-corrected chi connectivity index (χ1v) is 15.8. The molecule has 184 valence electrons. The molecule has 0 fully saturated rings. The van der Waals surface area contributed by atoms with Crippen LogP contribution in [-0.2, 0) is 22.5 Å². The maximum atomic E-state index is 11.6. The number of hydrogen-bond donors (Lipinski definition) is 0. The molecule has 2 heterocycles. The topological polar surface area (TPSA) is 111 Å². The molecule has 3 aromatic rings. The molecule has 0 saturated heterocycles. The summed E-state index contributed by atoms with van der Waals surface area (Å²) < 4.78 is 41.8. The van der Waals surface area contributed by atoms with Crippen LogP contribution < -0.4 is 39.0 Å². The second-order valence-electron chi connectivity index (χ2n) is 9.33. The first-order valence-electron chi connectivity index (χ1n) is 11.0. The van der Waals surface area contributed by atoms with Gasteiger partial charge in [0.05, 0.1) is 7.11 Å². The zero-order valence-electron chi connectivity index (χ0n) is 21.4. The van der Waals surface area contributed by atoms with Gasteiger partial charge in [-0.3, -0.25) is 4.21 Å². The first kappa shape index (κ1) is 29.6. The summed E-state index contributed by atoms with van der Waals surface area (Å²) in [7, 11) is 0.288. The fraction of sp³-hybridized carbons (Fsp3) is 0.435. The van der Waals surface area contributed by atoms with E-state index in [1.807, 2.05) is 30.3 Å². The summed E-state index contributed by atoms with van der Waals surface area (Å²) in [5, 5.41) is 3.72. The molecule has 0 saturated carbocycles. The molecule has 0 aliphatic rings. The second kappa shape index (κ2) is 13.1. The number of rotatable bonds is 11. The van der Waals surface area contributed by atoms with E-state index >= 15 is 0 Å². The summed E-state index contributed by atoms with van der Waals surface area (Å²) in [6.07, 6.45) is 1.66. The number of hydrogen-bond acceptors (Lipinski definition) is 8. The smallest absolute Gasteiger partial charge is 0.766 e. The van der Waals surface area contributed by atoms with Gasteiger partial charge >= 0.3 is 35.6 Å². The molecule has 2 aromatic heterocycles. The minimum atomic E-state index is -2.60. The van der Waals surface area contributed by atoms with E-state index in [1.54, 1.807) is 13.3 Å². The Hall–Kier alpha value is -1.60. The molecular formula is C23H31N4NaO5SSi. The number of nitrogens with zero attached hydrogens (tertiary/aromatic N) is 4. The summed E-state index contributed by atoms with van der Waals surface area (Å²) in [5.74, 6) is 1.17. The zero-order chi connectivity index (χ0) is 24.9.